The van der Waals surface area contributed by atoms with Crippen molar-refractivity contribution in [3.63, 3.8) is 0 Å². The minimum atomic E-state index is -0.616. The van der Waals surface area contributed by atoms with Gasteiger partial charge in [0.1, 0.15) is 5.82 Å². The lowest BCUT2D eigenvalue weighted by molar-refractivity contribution is -0.0451. The standard InChI is InChI=1S/C9H12N2O2/c1-5-7-8(11-6(2)10-5)13-9(3,4)12-7/h1-4H3. The summed E-state index contributed by atoms with van der Waals surface area (Å²) in [6.45, 7) is 7.42. The highest BCUT2D eigenvalue weighted by Gasteiger charge is 2.34. The van der Waals surface area contributed by atoms with Crippen LogP contribution in [0.2, 0.25) is 0 Å². The van der Waals surface area contributed by atoms with Crippen molar-refractivity contribution in [2.45, 2.75) is 33.5 Å². The first kappa shape index (κ1) is 8.29. The molecule has 4 nitrogen and oxygen atoms in total. The van der Waals surface area contributed by atoms with Crippen molar-refractivity contribution in [1.29, 1.82) is 0 Å². The Morgan fingerprint density at radius 2 is 1.77 bits per heavy atom. The summed E-state index contributed by atoms with van der Waals surface area (Å²) in [4.78, 5) is 8.35. The molecule has 1 aliphatic rings. The average Bonchev–Trinajstić information content (AvgIpc) is 2.23. The van der Waals surface area contributed by atoms with Crippen molar-refractivity contribution in [3.05, 3.63) is 11.5 Å². The van der Waals surface area contributed by atoms with E-state index >= 15 is 0 Å². The molecule has 0 N–H and O–H groups in total. The quantitative estimate of drug-likeness (QED) is 0.608. The highest BCUT2D eigenvalue weighted by Crippen LogP contribution is 2.38. The molecule has 0 radical (unpaired) electrons. The van der Waals surface area contributed by atoms with Gasteiger partial charge in [0.25, 0.3) is 5.88 Å². The fourth-order valence-electron chi connectivity index (χ4n) is 1.36. The van der Waals surface area contributed by atoms with Crippen LogP contribution in [-0.2, 0) is 0 Å². The zero-order valence-corrected chi connectivity index (χ0v) is 8.21. The topological polar surface area (TPSA) is 44.2 Å². The largest absolute Gasteiger partial charge is 0.445 e. The second kappa shape index (κ2) is 2.34. The van der Waals surface area contributed by atoms with E-state index < -0.39 is 5.79 Å². The number of fused-ring (bicyclic) bond motifs is 1. The van der Waals surface area contributed by atoms with Crippen LogP contribution >= 0.6 is 0 Å². The number of hydrogen-bond donors (Lipinski definition) is 0. The van der Waals surface area contributed by atoms with Gasteiger partial charge in [-0.3, -0.25) is 0 Å². The van der Waals surface area contributed by atoms with Gasteiger partial charge in [-0.1, -0.05) is 0 Å². The smallest absolute Gasteiger partial charge is 0.264 e. The fourth-order valence-corrected chi connectivity index (χ4v) is 1.36. The Bertz CT molecular complexity index is 361. The van der Waals surface area contributed by atoms with Gasteiger partial charge in [-0.25, -0.2) is 4.98 Å². The maximum atomic E-state index is 5.53. The highest BCUT2D eigenvalue weighted by molar-refractivity contribution is 5.40. The number of hydrogen-bond acceptors (Lipinski definition) is 4. The Morgan fingerprint density at radius 3 is 2.46 bits per heavy atom. The molecule has 1 aliphatic heterocycles. The fraction of sp³-hybridized carbons (Fsp3) is 0.556. The molecule has 0 bridgehead atoms. The maximum Gasteiger partial charge on any atom is 0.264 e. The van der Waals surface area contributed by atoms with Crippen LogP contribution in [0, 0.1) is 13.8 Å². The summed E-state index contributed by atoms with van der Waals surface area (Å²) in [6, 6.07) is 0. The third-order valence-electron chi connectivity index (χ3n) is 1.81. The molecule has 0 aromatic carbocycles. The lowest BCUT2D eigenvalue weighted by Crippen LogP contribution is -2.30. The van der Waals surface area contributed by atoms with Crippen molar-refractivity contribution in [3.8, 4) is 11.6 Å². The van der Waals surface area contributed by atoms with E-state index in [-0.39, 0.29) is 0 Å². The van der Waals surface area contributed by atoms with E-state index in [9.17, 15) is 0 Å². The Morgan fingerprint density at radius 1 is 1.08 bits per heavy atom. The van der Waals surface area contributed by atoms with E-state index in [1.807, 2.05) is 27.7 Å². The van der Waals surface area contributed by atoms with Crippen molar-refractivity contribution in [2.75, 3.05) is 0 Å². The lowest BCUT2D eigenvalue weighted by atomic mass is 10.4. The van der Waals surface area contributed by atoms with Gasteiger partial charge >= 0.3 is 0 Å². The van der Waals surface area contributed by atoms with Gasteiger partial charge in [0.2, 0.25) is 11.5 Å². The number of aryl methyl sites for hydroxylation is 2. The third kappa shape index (κ3) is 1.32. The molecular formula is C9H12N2O2. The molecule has 0 aliphatic carbocycles. The van der Waals surface area contributed by atoms with Crippen molar-refractivity contribution in [1.82, 2.24) is 9.97 Å². The highest BCUT2D eigenvalue weighted by atomic mass is 16.7. The second-order valence-corrected chi connectivity index (χ2v) is 3.59. The normalized spacial score (nSPS) is 17.5. The summed E-state index contributed by atoms with van der Waals surface area (Å²) in [5, 5.41) is 0. The second-order valence-electron chi connectivity index (χ2n) is 3.59. The van der Waals surface area contributed by atoms with Gasteiger partial charge in [0, 0.05) is 13.8 Å². The third-order valence-corrected chi connectivity index (χ3v) is 1.81. The van der Waals surface area contributed by atoms with E-state index in [4.69, 9.17) is 9.47 Å². The zero-order chi connectivity index (χ0) is 9.64. The molecule has 0 unspecified atom stereocenters. The molecule has 1 aromatic rings. The monoisotopic (exact) mass is 180 g/mol. The maximum absolute atomic E-state index is 5.53. The number of nitrogens with zero attached hydrogens (tertiary/aromatic N) is 2. The molecule has 0 spiro atoms. The van der Waals surface area contributed by atoms with E-state index in [1.165, 1.54) is 0 Å². The Labute approximate surface area is 76.9 Å². The Balaban J connectivity index is 2.52. The van der Waals surface area contributed by atoms with Crippen LogP contribution in [0.15, 0.2) is 0 Å². The molecule has 0 saturated heterocycles. The minimum Gasteiger partial charge on any atom is -0.445 e. The molecule has 13 heavy (non-hydrogen) atoms. The molecule has 0 atom stereocenters. The van der Waals surface area contributed by atoms with Crippen LogP contribution < -0.4 is 9.47 Å². The van der Waals surface area contributed by atoms with Gasteiger partial charge in [-0.05, 0) is 13.8 Å². The van der Waals surface area contributed by atoms with Gasteiger partial charge in [-0.15, -0.1) is 0 Å². The molecule has 0 saturated carbocycles. The average molecular weight is 180 g/mol. The lowest BCUT2D eigenvalue weighted by Gasteiger charge is -2.15. The van der Waals surface area contributed by atoms with Crippen molar-refractivity contribution >= 4 is 0 Å². The molecule has 0 amide bonds. The molecule has 2 rings (SSSR count). The number of aromatic nitrogens is 2. The summed E-state index contributed by atoms with van der Waals surface area (Å²) in [5.74, 6) is 1.30. The first-order valence-electron chi connectivity index (χ1n) is 4.21. The molecule has 2 heterocycles. The van der Waals surface area contributed by atoms with Crippen molar-refractivity contribution in [2.24, 2.45) is 0 Å². The minimum absolute atomic E-state index is 0.551. The van der Waals surface area contributed by atoms with Crippen LogP contribution in [-0.4, -0.2) is 15.8 Å². The summed E-state index contributed by atoms with van der Waals surface area (Å²) < 4.78 is 11.0. The Hall–Kier alpha value is -1.32. The van der Waals surface area contributed by atoms with E-state index in [0.717, 1.165) is 5.69 Å². The summed E-state index contributed by atoms with van der Waals surface area (Å²) >= 11 is 0. The van der Waals surface area contributed by atoms with Gasteiger partial charge in [0.15, 0.2) is 0 Å². The van der Waals surface area contributed by atoms with Crippen LogP contribution in [0.4, 0.5) is 0 Å². The molecule has 1 aromatic heterocycles. The predicted octanol–water partition coefficient (Wildman–Crippen LogP) is 1.60. The van der Waals surface area contributed by atoms with E-state index in [1.54, 1.807) is 0 Å². The van der Waals surface area contributed by atoms with Crippen LogP contribution in [0.5, 0.6) is 11.6 Å². The molecule has 0 fully saturated rings. The van der Waals surface area contributed by atoms with Crippen molar-refractivity contribution < 1.29 is 9.47 Å². The molecule has 4 heteroatoms. The molecule has 70 valence electrons. The first-order valence-corrected chi connectivity index (χ1v) is 4.21. The van der Waals surface area contributed by atoms with Crippen LogP contribution in [0.25, 0.3) is 0 Å². The summed E-state index contributed by atoms with van der Waals surface area (Å²) in [6.07, 6.45) is 0. The molecular weight excluding hydrogens is 168 g/mol. The van der Waals surface area contributed by atoms with Gasteiger partial charge < -0.3 is 9.47 Å². The number of rotatable bonds is 0. The predicted molar refractivity (Wildman–Crippen MR) is 46.8 cm³/mol. The van der Waals surface area contributed by atoms with Gasteiger partial charge in [-0.2, -0.15) is 4.98 Å². The van der Waals surface area contributed by atoms with E-state index in [2.05, 4.69) is 9.97 Å². The SMILES string of the molecule is Cc1nc(C)c2c(n1)OC(C)(C)O2. The summed E-state index contributed by atoms with van der Waals surface area (Å²) in [5.41, 5.74) is 0.827. The zero-order valence-electron chi connectivity index (χ0n) is 8.21. The van der Waals surface area contributed by atoms with Gasteiger partial charge in [0.05, 0.1) is 5.69 Å². The Kier molecular flexibility index (Phi) is 1.49. The first-order chi connectivity index (χ1) is 5.98. The van der Waals surface area contributed by atoms with Crippen LogP contribution in [0.3, 0.4) is 0 Å². The van der Waals surface area contributed by atoms with E-state index in [0.29, 0.717) is 17.5 Å². The van der Waals surface area contributed by atoms with Crippen LogP contribution in [0.1, 0.15) is 25.4 Å². The number of ether oxygens (including phenoxy) is 2. The summed E-state index contributed by atoms with van der Waals surface area (Å²) in [7, 11) is 0.